The lowest BCUT2D eigenvalue weighted by Crippen LogP contribution is -2.05. The Bertz CT molecular complexity index is 116. The van der Waals surface area contributed by atoms with Crippen LogP contribution in [0.2, 0.25) is 0 Å². The third kappa shape index (κ3) is 2.48. The van der Waals surface area contributed by atoms with Gasteiger partial charge in [0, 0.05) is 18.9 Å². The van der Waals surface area contributed by atoms with Gasteiger partial charge in [-0.25, -0.2) is 0 Å². The molecule has 1 aliphatic carbocycles. The molecule has 1 rings (SSSR count). The maximum Gasteiger partial charge on any atom is 0.138 e. The van der Waals surface area contributed by atoms with Crippen LogP contribution in [0.15, 0.2) is 0 Å². The molecule has 2 heteroatoms. The standard InChI is InChI=1S/C8H14O2/c1-2-10-6-5-8(9)7-3-4-7/h7H,2-6H2,1H3. The largest absolute Gasteiger partial charge is 0.381 e. The van der Waals surface area contributed by atoms with Crippen LogP contribution in [0.5, 0.6) is 0 Å². The first-order valence-corrected chi connectivity index (χ1v) is 3.95. The summed E-state index contributed by atoms with van der Waals surface area (Å²) in [6, 6.07) is 0. The molecule has 0 saturated heterocycles. The number of hydrogen-bond donors (Lipinski definition) is 0. The summed E-state index contributed by atoms with van der Waals surface area (Å²) in [6.45, 7) is 3.28. The lowest BCUT2D eigenvalue weighted by molar-refractivity contribution is -0.121. The van der Waals surface area contributed by atoms with E-state index in [0.717, 1.165) is 19.4 Å². The first-order valence-electron chi connectivity index (χ1n) is 3.95. The number of carbonyl (C=O) groups is 1. The van der Waals surface area contributed by atoms with Gasteiger partial charge in [0.2, 0.25) is 0 Å². The van der Waals surface area contributed by atoms with Crippen LogP contribution >= 0.6 is 0 Å². The van der Waals surface area contributed by atoms with Gasteiger partial charge in [0.25, 0.3) is 0 Å². The average Bonchev–Trinajstić information content (AvgIpc) is 2.69. The minimum atomic E-state index is 0.397. The summed E-state index contributed by atoms with van der Waals surface area (Å²) in [5.74, 6) is 0.800. The molecule has 1 fully saturated rings. The molecular weight excluding hydrogens is 128 g/mol. The van der Waals surface area contributed by atoms with Crippen molar-refractivity contribution in [1.29, 1.82) is 0 Å². The van der Waals surface area contributed by atoms with Crippen LogP contribution in [-0.2, 0) is 9.53 Å². The maximum absolute atomic E-state index is 11.0. The van der Waals surface area contributed by atoms with Crippen molar-refractivity contribution in [3.8, 4) is 0 Å². The van der Waals surface area contributed by atoms with E-state index in [2.05, 4.69) is 0 Å². The van der Waals surface area contributed by atoms with Gasteiger partial charge in [-0.2, -0.15) is 0 Å². The molecule has 0 radical (unpaired) electrons. The molecular formula is C8H14O2. The van der Waals surface area contributed by atoms with Crippen molar-refractivity contribution in [2.24, 2.45) is 5.92 Å². The van der Waals surface area contributed by atoms with E-state index in [1.165, 1.54) is 0 Å². The summed E-state index contributed by atoms with van der Waals surface area (Å²) in [6.07, 6.45) is 2.86. The highest BCUT2D eigenvalue weighted by atomic mass is 16.5. The van der Waals surface area contributed by atoms with Gasteiger partial charge in [-0.05, 0) is 19.8 Å². The van der Waals surface area contributed by atoms with E-state index in [1.807, 2.05) is 6.92 Å². The Morgan fingerprint density at radius 2 is 2.30 bits per heavy atom. The molecule has 0 heterocycles. The van der Waals surface area contributed by atoms with Crippen LogP contribution in [0.1, 0.15) is 26.2 Å². The molecule has 0 aromatic rings. The van der Waals surface area contributed by atoms with Gasteiger partial charge in [-0.3, -0.25) is 4.79 Å². The number of ether oxygens (including phenoxy) is 1. The van der Waals surface area contributed by atoms with Gasteiger partial charge in [0.1, 0.15) is 5.78 Å². The van der Waals surface area contributed by atoms with E-state index in [4.69, 9.17) is 4.74 Å². The van der Waals surface area contributed by atoms with Gasteiger partial charge < -0.3 is 4.74 Å². The van der Waals surface area contributed by atoms with Gasteiger partial charge in [-0.15, -0.1) is 0 Å². The molecule has 0 spiro atoms. The van der Waals surface area contributed by atoms with Gasteiger partial charge in [0.15, 0.2) is 0 Å². The zero-order chi connectivity index (χ0) is 7.40. The van der Waals surface area contributed by atoms with E-state index in [9.17, 15) is 4.79 Å². The van der Waals surface area contributed by atoms with Crippen molar-refractivity contribution < 1.29 is 9.53 Å². The van der Waals surface area contributed by atoms with E-state index in [-0.39, 0.29) is 0 Å². The van der Waals surface area contributed by atoms with Crippen molar-refractivity contribution in [1.82, 2.24) is 0 Å². The molecule has 1 saturated carbocycles. The Morgan fingerprint density at radius 3 is 2.80 bits per heavy atom. The highest BCUT2D eigenvalue weighted by molar-refractivity contribution is 5.83. The van der Waals surface area contributed by atoms with Crippen LogP contribution in [0.3, 0.4) is 0 Å². The minimum Gasteiger partial charge on any atom is -0.381 e. The molecule has 0 bridgehead atoms. The monoisotopic (exact) mass is 142 g/mol. The van der Waals surface area contributed by atoms with Crippen molar-refractivity contribution in [2.45, 2.75) is 26.2 Å². The highest BCUT2D eigenvalue weighted by Gasteiger charge is 2.28. The number of rotatable bonds is 5. The molecule has 0 aliphatic heterocycles. The van der Waals surface area contributed by atoms with Gasteiger partial charge in [0.05, 0.1) is 6.61 Å². The van der Waals surface area contributed by atoms with Crippen LogP contribution in [0.25, 0.3) is 0 Å². The Balaban J connectivity index is 1.95. The second kappa shape index (κ2) is 3.71. The molecule has 1 aliphatic rings. The normalized spacial score (nSPS) is 17.3. The molecule has 2 nitrogen and oxygen atoms in total. The summed E-state index contributed by atoms with van der Waals surface area (Å²) < 4.78 is 5.06. The fourth-order valence-corrected chi connectivity index (χ4v) is 0.927. The highest BCUT2D eigenvalue weighted by Crippen LogP contribution is 2.30. The predicted octanol–water partition coefficient (Wildman–Crippen LogP) is 1.39. The fraction of sp³-hybridized carbons (Fsp3) is 0.875. The van der Waals surface area contributed by atoms with Crippen molar-refractivity contribution >= 4 is 5.78 Å². The van der Waals surface area contributed by atoms with Crippen LogP contribution in [-0.4, -0.2) is 19.0 Å². The predicted molar refractivity (Wildman–Crippen MR) is 38.8 cm³/mol. The lowest BCUT2D eigenvalue weighted by atomic mass is 10.2. The lowest BCUT2D eigenvalue weighted by Gasteiger charge is -1.97. The topological polar surface area (TPSA) is 26.3 Å². The summed E-state index contributed by atoms with van der Waals surface area (Å²) in [5, 5.41) is 0. The number of carbonyl (C=O) groups excluding carboxylic acids is 1. The zero-order valence-electron chi connectivity index (χ0n) is 6.43. The molecule has 0 N–H and O–H groups in total. The summed E-state index contributed by atoms with van der Waals surface area (Å²) in [7, 11) is 0. The molecule has 58 valence electrons. The third-order valence-corrected chi connectivity index (χ3v) is 1.73. The molecule has 0 unspecified atom stereocenters. The van der Waals surface area contributed by atoms with E-state index >= 15 is 0 Å². The number of ketones is 1. The van der Waals surface area contributed by atoms with Crippen LogP contribution in [0, 0.1) is 5.92 Å². The van der Waals surface area contributed by atoms with E-state index in [1.54, 1.807) is 0 Å². The maximum atomic E-state index is 11.0. The minimum absolute atomic E-state index is 0.397. The van der Waals surface area contributed by atoms with Gasteiger partial charge >= 0.3 is 0 Å². The van der Waals surface area contributed by atoms with Crippen molar-refractivity contribution in [3.05, 3.63) is 0 Å². The molecule has 0 amide bonds. The Morgan fingerprint density at radius 1 is 1.60 bits per heavy atom. The van der Waals surface area contributed by atoms with E-state index < -0.39 is 0 Å². The Hall–Kier alpha value is -0.370. The van der Waals surface area contributed by atoms with Crippen LogP contribution in [0.4, 0.5) is 0 Å². The number of hydrogen-bond acceptors (Lipinski definition) is 2. The smallest absolute Gasteiger partial charge is 0.138 e. The SMILES string of the molecule is CCOCCC(=O)C1CC1. The molecule has 0 aromatic carbocycles. The Kier molecular flexibility index (Phi) is 2.87. The Labute approximate surface area is 61.6 Å². The first kappa shape index (κ1) is 7.73. The first-order chi connectivity index (χ1) is 4.84. The zero-order valence-corrected chi connectivity index (χ0v) is 6.43. The molecule has 0 aromatic heterocycles. The number of Topliss-reactive ketones (excluding diaryl/α,β-unsaturated/α-hetero) is 1. The van der Waals surface area contributed by atoms with Crippen molar-refractivity contribution in [2.75, 3.05) is 13.2 Å². The second-order valence-electron chi connectivity index (χ2n) is 2.69. The fourth-order valence-electron chi connectivity index (χ4n) is 0.927. The van der Waals surface area contributed by atoms with Gasteiger partial charge in [-0.1, -0.05) is 0 Å². The molecule has 0 atom stereocenters. The summed E-state index contributed by atoms with van der Waals surface area (Å²) >= 11 is 0. The quantitative estimate of drug-likeness (QED) is 0.542. The molecule has 10 heavy (non-hydrogen) atoms. The average molecular weight is 142 g/mol. The summed E-state index contributed by atoms with van der Waals surface area (Å²) in [5.41, 5.74) is 0. The van der Waals surface area contributed by atoms with Crippen LogP contribution < -0.4 is 0 Å². The second-order valence-corrected chi connectivity index (χ2v) is 2.69. The van der Waals surface area contributed by atoms with Crippen molar-refractivity contribution in [3.63, 3.8) is 0 Å². The summed E-state index contributed by atoms with van der Waals surface area (Å²) in [4.78, 5) is 11.0. The third-order valence-electron chi connectivity index (χ3n) is 1.73. The van der Waals surface area contributed by atoms with E-state index in [0.29, 0.717) is 24.7 Å².